The molecule has 3 rings (SSSR count). The van der Waals surface area contributed by atoms with Crippen molar-refractivity contribution in [3.05, 3.63) is 59.6 Å². The van der Waals surface area contributed by atoms with Crippen LogP contribution >= 0.6 is 0 Å². The Balaban J connectivity index is 1.77. The van der Waals surface area contributed by atoms with E-state index in [1.165, 1.54) is 18.2 Å². The van der Waals surface area contributed by atoms with Gasteiger partial charge in [0.2, 0.25) is 0 Å². The lowest BCUT2D eigenvalue weighted by molar-refractivity contribution is 0.297. The molecule has 0 bridgehead atoms. The van der Waals surface area contributed by atoms with Gasteiger partial charge in [-0.1, -0.05) is 5.16 Å². The van der Waals surface area contributed by atoms with Crippen LogP contribution in [-0.4, -0.2) is 22.1 Å². The van der Waals surface area contributed by atoms with E-state index < -0.39 is 0 Å². The maximum absolute atomic E-state index is 13.6. The summed E-state index contributed by atoms with van der Waals surface area (Å²) in [5.74, 6) is -0.703. The highest BCUT2D eigenvalue weighted by Gasteiger charge is 2.13. The highest BCUT2D eigenvalue weighted by Crippen LogP contribution is 2.21. The molecule has 2 heterocycles. The first-order valence-corrected chi connectivity index (χ1v) is 6.45. The van der Waals surface area contributed by atoms with E-state index >= 15 is 0 Å². The minimum Gasteiger partial charge on any atom is -0.356 e. The van der Waals surface area contributed by atoms with Crippen molar-refractivity contribution in [1.82, 2.24) is 15.0 Å². The number of hydrogen-bond donors (Lipinski definition) is 0. The minimum atomic E-state index is -0.367. The highest BCUT2D eigenvalue weighted by molar-refractivity contribution is 5.79. The van der Waals surface area contributed by atoms with Gasteiger partial charge >= 0.3 is 0 Å². The van der Waals surface area contributed by atoms with Crippen molar-refractivity contribution in [2.45, 2.75) is 13.1 Å². The van der Waals surface area contributed by atoms with Gasteiger partial charge < -0.3 is 4.52 Å². The van der Waals surface area contributed by atoms with E-state index in [1.54, 1.807) is 18.3 Å². The molecule has 0 amide bonds. The van der Waals surface area contributed by atoms with Crippen LogP contribution in [0.15, 0.2) is 41.1 Å². The average Bonchev–Trinajstić information content (AvgIpc) is 2.83. The van der Waals surface area contributed by atoms with Crippen LogP contribution in [0.3, 0.4) is 0 Å². The summed E-state index contributed by atoms with van der Waals surface area (Å²) < 4.78 is 31.8. The van der Waals surface area contributed by atoms with E-state index in [2.05, 4.69) is 10.1 Å². The monoisotopic (exact) mass is 289 g/mol. The first-order valence-electron chi connectivity index (χ1n) is 6.45. The number of halogens is 2. The minimum absolute atomic E-state index is 0.337. The summed E-state index contributed by atoms with van der Waals surface area (Å²) in [6.07, 6.45) is 1.56. The number of pyridine rings is 1. The van der Waals surface area contributed by atoms with Crippen molar-refractivity contribution >= 4 is 11.0 Å². The predicted molar refractivity (Wildman–Crippen MR) is 73.3 cm³/mol. The third-order valence-electron chi connectivity index (χ3n) is 3.18. The van der Waals surface area contributed by atoms with Crippen molar-refractivity contribution < 1.29 is 13.3 Å². The third kappa shape index (κ3) is 2.90. The molecular formula is C15H13F2N3O. The van der Waals surface area contributed by atoms with E-state index in [4.69, 9.17) is 4.52 Å². The highest BCUT2D eigenvalue weighted by atomic mass is 19.1. The molecule has 0 atom stereocenters. The Morgan fingerprint density at radius 3 is 2.76 bits per heavy atom. The van der Waals surface area contributed by atoms with Crippen molar-refractivity contribution in [3.63, 3.8) is 0 Å². The fourth-order valence-electron chi connectivity index (χ4n) is 2.18. The number of fused-ring (bicyclic) bond motifs is 1. The van der Waals surface area contributed by atoms with Crippen LogP contribution in [0.2, 0.25) is 0 Å². The molecule has 0 aliphatic carbocycles. The fourth-order valence-corrected chi connectivity index (χ4v) is 2.18. The zero-order valence-electron chi connectivity index (χ0n) is 11.4. The number of hydrogen-bond acceptors (Lipinski definition) is 4. The molecule has 0 aliphatic rings. The summed E-state index contributed by atoms with van der Waals surface area (Å²) in [5.41, 5.74) is 1.46. The molecule has 108 valence electrons. The molecule has 0 spiro atoms. The second-order valence-corrected chi connectivity index (χ2v) is 4.87. The lowest BCUT2D eigenvalue weighted by atomic mass is 10.2. The summed E-state index contributed by atoms with van der Waals surface area (Å²) >= 11 is 0. The number of aromatic nitrogens is 2. The van der Waals surface area contributed by atoms with Gasteiger partial charge in [-0.05, 0) is 31.3 Å². The molecule has 0 radical (unpaired) electrons. The van der Waals surface area contributed by atoms with Crippen LogP contribution in [0.4, 0.5) is 8.78 Å². The third-order valence-corrected chi connectivity index (χ3v) is 3.18. The van der Waals surface area contributed by atoms with Crippen LogP contribution in [0.25, 0.3) is 11.0 Å². The van der Waals surface area contributed by atoms with Gasteiger partial charge in [-0.25, -0.2) is 8.78 Å². The van der Waals surface area contributed by atoms with Gasteiger partial charge in [-0.15, -0.1) is 0 Å². The molecular weight excluding hydrogens is 276 g/mol. The lowest BCUT2D eigenvalue weighted by Gasteiger charge is -2.14. The van der Waals surface area contributed by atoms with Crippen molar-refractivity contribution in [3.8, 4) is 0 Å². The second-order valence-electron chi connectivity index (χ2n) is 4.87. The molecule has 2 aromatic heterocycles. The number of rotatable bonds is 4. The molecule has 0 fully saturated rings. The smallest absolute Gasteiger partial charge is 0.170 e. The summed E-state index contributed by atoms with van der Waals surface area (Å²) in [7, 11) is 1.83. The normalized spacial score (nSPS) is 11.4. The van der Waals surface area contributed by atoms with Crippen LogP contribution < -0.4 is 0 Å². The molecule has 0 aliphatic heterocycles. The first-order chi connectivity index (χ1) is 10.1. The molecule has 1 aromatic carbocycles. The Morgan fingerprint density at radius 1 is 1.14 bits per heavy atom. The topological polar surface area (TPSA) is 42.2 Å². The van der Waals surface area contributed by atoms with Gasteiger partial charge in [0.1, 0.15) is 17.3 Å². The van der Waals surface area contributed by atoms with Crippen molar-refractivity contribution in [2.75, 3.05) is 7.05 Å². The molecule has 0 N–H and O–H groups in total. The maximum Gasteiger partial charge on any atom is 0.170 e. The lowest BCUT2D eigenvalue weighted by Crippen LogP contribution is -2.19. The Kier molecular flexibility index (Phi) is 3.62. The summed E-state index contributed by atoms with van der Waals surface area (Å²) in [6.45, 7) is 0.802. The van der Waals surface area contributed by atoms with E-state index in [9.17, 15) is 8.78 Å². The predicted octanol–water partition coefficient (Wildman–Crippen LogP) is 3.13. The van der Waals surface area contributed by atoms with Crippen LogP contribution in [0.1, 0.15) is 11.4 Å². The summed E-state index contributed by atoms with van der Waals surface area (Å²) in [5, 5.41) is 4.70. The van der Waals surface area contributed by atoms with Crippen LogP contribution in [0, 0.1) is 11.6 Å². The molecule has 0 unspecified atom stereocenters. The van der Waals surface area contributed by atoms with Crippen LogP contribution in [-0.2, 0) is 13.1 Å². The largest absolute Gasteiger partial charge is 0.356 e. The van der Waals surface area contributed by atoms with Crippen LogP contribution in [0.5, 0.6) is 0 Å². The van der Waals surface area contributed by atoms with E-state index in [0.717, 1.165) is 5.39 Å². The SMILES string of the molecule is CN(Cc1ncccc1F)Cc1noc2cc(F)ccc12. The quantitative estimate of drug-likeness (QED) is 0.740. The van der Waals surface area contributed by atoms with Gasteiger partial charge in [0.15, 0.2) is 5.58 Å². The molecule has 0 saturated heterocycles. The van der Waals surface area contributed by atoms with E-state index in [-0.39, 0.29) is 11.6 Å². The van der Waals surface area contributed by atoms with Crippen molar-refractivity contribution in [2.24, 2.45) is 0 Å². The van der Waals surface area contributed by atoms with Gasteiger partial charge in [-0.3, -0.25) is 9.88 Å². The van der Waals surface area contributed by atoms with E-state index in [0.29, 0.717) is 30.1 Å². The zero-order valence-corrected chi connectivity index (χ0v) is 11.4. The summed E-state index contributed by atoms with van der Waals surface area (Å²) in [6, 6.07) is 7.22. The Hall–Kier alpha value is -2.34. The van der Waals surface area contributed by atoms with Gasteiger partial charge in [0, 0.05) is 30.7 Å². The fraction of sp³-hybridized carbons (Fsp3) is 0.200. The molecule has 4 nitrogen and oxygen atoms in total. The molecule has 21 heavy (non-hydrogen) atoms. The Bertz CT molecular complexity index is 772. The first kappa shape index (κ1) is 13.6. The average molecular weight is 289 g/mol. The summed E-state index contributed by atoms with van der Waals surface area (Å²) in [4.78, 5) is 5.88. The van der Waals surface area contributed by atoms with Gasteiger partial charge in [0.05, 0.1) is 5.69 Å². The number of benzene rings is 1. The Labute approximate surface area is 120 Å². The van der Waals surface area contributed by atoms with Gasteiger partial charge in [-0.2, -0.15) is 0 Å². The Morgan fingerprint density at radius 2 is 1.95 bits per heavy atom. The second kappa shape index (κ2) is 5.57. The van der Waals surface area contributed by atoms with E-state index in [1.807, 2.05) is 11.9 Å². The molecule has 3 aromatic rings. The zero-order chi connectivity index (χ0) is 14.8. The molecule has 0 saturated carbocycles. The standard InChI is InChI=1S/C15H13F2N3O/c1-20(9-14-12(17)3-2-6-18-14)8-13-11-5-4-10(16)7-15(11)21-19-13/h2-7H,8-9H2,1H3. The van der Waals surface area contributed by atoms with Crippen molar-refractivity contribution in [1.29, 1.82) is 0 Å². The van der Waals surface area contributed by atoms with Gasteiger partial charge in [0.25, 0.3) is 0 Å². The number of nitrogens with zero attached hydrogens (tertiary/aromatic N) is 3. The molecule has 6 heteroatoms. The maximum atomic E-state index is 13.6.